The molecule has 0 aromatic heterocycles. The van der Waals surface area contributed by atoms with Crippen molar-refractivity contribution in [2.45, 2.75) is 13.8 Å². The molecule has 0 aliphatic rings. The lowest BCUT2D eigenvalue weighted by Crippen LogP contribution is -1.96. The van der Waals surface area contributed by atoms with Crippen LogP contribution in [0.2, 0.25) is 0 Å². The third-order valence-corrected chi connectivity index (χ3v) is 3.57. The summed E-state index contributed by atoms with van der Waals surface area (Å²) < 4.78 is 23.8. The Hall–Kier alpha value is -2.88. The van der Waals surface area contributed by atoms with E-state index in [2.05, 4.69) is 0 Å². The first-order chi connectivity index (χ1) is 11.9. The van der Waals surface area contributed by atoms with Crippen LogP contribution in [0.3, 0.4) is 0 Å². The number of carbonyl (C=O) groups is 1. The van der Waals surface area contributed by atoms with Gasteiger partial charge in [-0.05, 0) is 62.4 Å². The fourth-order valence-corrected chi connectivity index (χ4v) is 2.37. The molecule has 0 fully saturated rings. The summed E-state index contributed by atoms with van der Waals surface area (Å²) in [5, 5.41) is 0. The molecule has 130 valence electrons. The third kappa shape index (κ3) is 4.80. The molecule has 0 N–H and O–H groups in total. The molecule has 0 saturated carbocycles. The second-order valence-corrected chi connectivity index (χ2v) is 5.76. The zero-order valence-electron chi connectivity index (χ0n) is 14.8. The van der Waals surface area contributed by atoms with Crippen molar-refractivity contribution >= 4 is 17.9 Å². The lowest BCUT2D eigenvalue weighted by Gasteiger charge is -2.11. The highest BCUT2D eigenvalue weighted by molar-refractivity contribution is 6.07. The Bertz CT molecular complexity index is 814. The van der Waals surface area contributed by atoms with Gasteiger partial charge in [0.1, 0.15) is 17.3 Å². The Labute approximate surface area is 147 Å². The Balaban J connectivity index is 2.36. The number of halogens is 1. The Kier molecular flexibility index (Phi) is 6.12. The van der Waals surface area contributed by atoms with E-state index in [-0.39, 0.29) is 11.6 Å². The first-order valence-electron chi connectivity index (χ1n) is 7.83. The summed E-state index contributed by atoms with van der Waals surface area (Å²) in [6, 6.07) is 9.13. The molecule has 2 aromatic carbocycles. The predicted molar refractivity (Wildman–Crippen MR) is 98.6 cm³/mol. The Morgan fingerprint density at radius 3 is 2.08 bits per heavy atom. The van der Waals surface area contributed by atoms with Gasteiger partial charge in [0.15, 0.2) is 5.78 Å². The number of benzene rings is 2. The zero-order chi connectivity index (χ0) is 18.4. The highest BCUT2D eigenvalue weighted by atomic mass is 19.1. The molecule has 0 amide bonds. The minimum atomic E-state index is -0.373. The normalized spacial score (nSPS) is 10.6. The fourth-order valence-electron chi connectivity index (χ4n) is 2.37. The number of carbonyl (C=O) groups excluding carboxylic acids is 1. The van der Waals surface area contributed by atoms with E-state index < -0.39 is 0 Å². The summed E-state index contributed by atoms with van der Waals surface area (Å²) in [7, 11) is 3.18. The molecule has 2 aromatic rings. The van der Waals surface area contributed by atoms with Crippen LogP contribution in [0.1, 0.15) is 35.3 Å². The molecule has 0 radical (unpaired) electrons. The van der Waals surface area contributed by atoms with Crippen molar-refractivity contribution < 1.29 is 18.7 Å². The molecule has 0 saturated heterocycles. The first kappa shape index (κ1) is 18.5. The first-order valence-corrected chi connectivity index (χ1v) is 7.83. The van der Waals surface area contributed by atoms with E-state index in [1.54, 1.807) is 20.3 Å². The molecule has 0 bridgehead atoms. The van der Waals surface area contributed by atoms with Crippen molar-refractivity contribution in [3.63, 3.8) is 0 Å². The van der Waals surface area contributed by atoms with E-state index >= 15 is 0 Å². The summed E-state index contributed by atoms with van der Waals surface area (Å²) in [5.74, 6) is 0.739. The quantitative estimate of drug-likeness (QED) is 0.538. The summed E-state index contributed by atoms with van der Waals surface area (Å²) in [6.45, 7) is 4.00. The average Bonchev–Trinajstić information content (AvgIpc) is 2.60. The average molecular weight is 340 g/mol. The van der Waals surface area contributed by atoms with E-state index in [1.165, 1.54) is 30.3 Å². The van der Waals surface area contributed by atoms with E-state index in [1.807, 2.05) is 32.1 Å². The van der Waals surface area contributed by atoms with Crippen molar-refractivity contribution in [2.24, 2.45) is 0 Å². The maximum atomic E-state index is 12.9. The molecule has 0 atom stereocenters. The number of hydrogen-bond donors (Lipinski definition) is 0. The van der Waals surface area contributed by atoms with Crippen LogP contribution >= 0.6 is 0 Å². The maximum Gasteiger partial charge on any atom is 0.185 e. The van der Waals surface area contributed by atoms with Gasteiger partial charge in [-0.15, -0.1) is 0 Å². The van der Waals surface area contributed by atoms with Crippen molar-refractivity contribution in [1.29, 1.82) is 0 Å². The number of allylic oxidation sites excluding steroid dienone is 2. The van der Waals surface area contributed by atoms with Crippen molar-refractivity contribution in [3.8, 4) is 11.5 Å². The van der Waals surface area contributed by atoms with Crippen molar-refractivity contribution in [2.75, 3.05) is 14.2 Å². The lowest BCUT2D eigenvalue weighted by atomic mass is 10.0. The standard InChI is InChI=1S/C21H21FO3/c1-14(2)11-17-13-20(24-3)16(12-21(17)25-4)7-10-19(23)15-5-8-18(22)9-6-15/h5-13H,1-4H3/b10-7+. The second kappa shape index (κ2) is 8.29. The van der Waals surface area contributed by atoms with E-state index in [9.17, 15) is 9.18 Å². The molecule has 0 heterocycles. The van der Waals surface area contributed by atoms with Gasteiger partial charge >= 0.3 is 0 Å². The molecule has 0 aliphatic carbocycles. The molecule has 0 spiro atoms. The molecule has 0 aliphatic heterocycles. The predicted octanol–water partition coefficient (Wildman–Crippen LogP) is 5.16. The molecular formula is C21H21FO3. The van der Waals surface area contributed by atoms with Crippen LogP contribution in [0.5, 0.6) is 11.5 Å². The van der Waals surface area contributed by atoms with Gasteiger partial charge in [-0.1, -0.05) is 11.6 Å². The lowest BCUT2D eigenvalue weighted by molar-refractivity contribution is 0.104. The summed E-state index contributed by atoms with van der Waals surface area (Å²) in [4.78, 5) is 12.2. The molecular weight excluding hydrogens is 319 g/mol. The van der Waals surface area contributed by atoms with E-state index in [0.29, 0.717) is 17.1 Å². The monoisotopic (exact) mass is 340 g/mol. The molecule has 25 heavy (non-hydrogen) atoms. The van der Waals surface area contributed by atoms with E-state index in [0.717, 1.165) is 16.7 Å². The highest BCUT2D eigenvalue weighted by Gasteiger charge is 2.09. The second-order valence-electron chi connectivity index (χ2n) is 5.76. The van der Waals surface area contributed by atoms with Crippen LogP contribution < -0.4 is 9.47 Å². The smallest absolute Gasteiger partial charge is 0.185 e. The van der Waals surface area contributed by atoms with Gasteiger partial charge in [0, 0.05) is 16.7 Å². The highest BCUT2D eigenvalue weighted by Crippen LogP contribution is 2.31. The maximum absolute atomic E-state index is 12.9. The summed E-state index contributed by atoms with van der Waals surface area (Å²) in [5.41, 5.74) is 3.18. The van der Waals surface area contributed by atoms with Gasteiger partial charge in [0.05, 0.1) is 14.2 Å². The molecule has 2 rings (SSSR count). The molecule has 0 unspecified atom stereocenters. The molecule has 4 heteroatoms. The third-order valence-electron chi connectivity index (χ3n) is 3.57. The van der Waals surface area contributed by atoms with Gasteiger partial charge in [0.2, 0.25) is 0 Å². The fraction of sp³-hybridized carbons (Fsp3) is 0.190. The number of ketones is 1. The van der Waals surface area contributed by atoms with Crippen molar-refractivity contribution in [1.82, 2.24) is 0 Å². The van der Waals surface area contributed by atoms with Crippen LogP contribution in [0.25, 0.3) is 12.2 Å². The summed E-state index contributed by atoms with van der Waals surface area (Å²) in [6.07, 6.45) is 5.10. The summed E-state index contributed by atoms with van der Waals surface area (Å²) >= 11 is 0. The zero-order valence-corrected chi connectivity index (χ0v) is 14.8. The van der Waals surface area contributed by atoms with Crippen LogP contribution in [0.15, 0.2) is 48.0 Å². The van der Waals surface area contributed by atoms with Gasteiger partial charge in [-0.25, -0.2) is 4.39 Å². The van der Waals surface area contributed by atoms with Gasteiger partial charge in [0.25, 0.3) is 0 Å². The number of methoxy groups -OCH3 is 2. The number of hydrogen-bond acceptors (Lipinski definition) is 3. The van der Waals surface area contributed by atoms with Gasteiger partial charge in [-0.2, -0.15) is 0 Å². The largest absolute Gasteiger partial charge is 0.496 e. The Morgan fingerprint density at radius 2 is 1.52 bits per heavy atom. The Morgan fingerprint density at radius 1 is 0.960 bits per heavy atom. The van der Waals surface area contributed by atoms with Crippen LogP contribution in [0.4, 0.5) is 4.39 Å². The minimum absolute atomic E-state index is 0.214. The minimum Gasteiger partial charge on any atom is -0.496 e. The molecule has 3 nitrogen and oxygen atoms in total. The van der Waals surface area contributed by atoms with Crippen LogP contribution in [-0.4, -0.2) is 20.0 Å². The number of ether oxygens (including phenoxy) is 2. The van der Waals surface area contributed by atoms with Crippen LogP contribution in [0, 0.1) is 5.82 Å². The SMILES string of the molecule is COc1cc(/C=C/C(=O)c2ccc(F)cc2)c(OC)cc1C=C(C)C. The van der Waals surface area contributed by atoms with Gasteiger partial charge < -0.3 is 9.47 Å². The number of rotatable bonds is 6. The van der Waals surface area contributed by atoms with E-state index in [4.69, 9.17) is 9.47 Å². The topological polar surface area (TPSA) is 35.5 Å². The van der Waals surface area contributed by atoms with Gasteiger partial charge in [-0.3, -0.25) is 4.79 Å². The van der Waals surface area contributed by atoms with Crippen molar-refractivity contribution in [3.05, 3.63) is 70.6 Å². The van der Waals surface area contributed by atoms with Crippen LogP contribution in [-0.2, 0) is 0 Å².